The second kappa shape index (κ2) is 40.8. The Labute approximate surface area is 559 Å². The standard InChI is InChI=1S/C16H18BN7OS.C15H19N7S.C12H18BN5O.C8H19BN2O.C4H4ClN3.CH2Cl2/c1-23(9-11-2-4-24(5-3-11)15(17)25)14-6-13(20-10-21-14)22-16-19-8-12(7-18)26-16;1-22(9-11-2-4-17-5-3-11)14-6-13(19-10-20-14)21-15-18-8-12(7-16)23-15;1-17(11-6-10(14)15-8-16-11)7-9-2-4-18(5-3-9)12(13)19;1-9(12)11-5-3-8(4-6-11)7-10-2;5-3-1-4(6)8-2-7-3;2-1-3/h6,8,10-11H,2-5,9H2,1H3,(H,19,20,21,22);6,8,10-11,17H,2-5,9H2,1H3,(H,18,19,20,21);6,8-9H,2-5,7H2,1H3,(H2,14,15,16);8,10,12H,3-7H2,1-2H3;1-2H,(H2,6,7,8);1H2. The number of aromatic nitrogens is 10. The minimum atomic E-state index is -0.343. The van der Waals surface area contributed by atoms with Gasteiger partial charge in [0.15, 0.2) is 21.9 Å². The third-order valence-electron chi connectivity index (χ3n) is 15.1. The van der Waals surface area contributed by atoms with Crippen LogP contribution in [0, 0.1) is 46.3 Å². The third-order valence-corrected chi connectivity index (χ3v) is 16.9. The van der Waals surface area contributed by atoms with Crippen LogP contribution < -0.4 is 47.4 Å². The maximum Gasteiger partial charge on any atom is 0.376 e. The lowest BCUT2D eigenvalue weighted by atomic mass is 9.81. The Morgan fingerprint density at radius 3 is 1.37 bits per heavy atom. The number of hydrogen-bond donors (Lipinski definition) is 7. The van der Waals surface area contributed by atoms with Crippen molar-refractivity contribution in [3.8, 4) is 12.1 Å². The summed E-state index contributed by atoms with van der Waals surface area (Å²) < 4.78 is 0. The molecule has 4 saturated heterocycles. The van der Waals surface area contributed by atoms with Gasteiger partial charge in [-0.1, -0.05) is 34.3 Å². The minimum absolute atomic E-state index is 0.194. The number of nitriles is 2. The van der Waals surface area contributed by atoms with Crippen molar-refractivity contribution in [2.24, 2.45) is 23.7 Å². The van der Waals surface area contributed by atoms with Crippen LogP contribution in [0.5, 0.6) is 0 Å². The molecule has 27 nitrogen and oxygen atoms in total. The summed E-state index contributed by atoms with van der Waals surface area (Å²) in [6, 6.07) is 11.2. The first-order valence-electron chi connectivity index (χ1n) is 29.6. The lowest BCUT2D eigenvalue weighted by Crippen LogP contribution is -2.44. The summed E-state index contributed by atoms with van der Waals surface area (Å²) in [7, 11) is 18.4. The summed E-state index contributed by atoms with van der Waals surface area (Å²) in [4.78, 5) is 75.9. The summed E-state index contributed by atoms with van der Waals surface area (Å²) in [6.07, 6.45) is 17.6. The van der Waals surface area contributed by atoms with Crippen LogP contribution >= 0.6 is 57.5 Å². The summed E-state index contributed by atoms with van der Waals surface area (Å²) in [5.74, 6) is 6.56. The molecule has 4 aliphatic rings. The largest absolute Gasteiger partial charge is 0.437 e. The van der Waals surface area contributed by atoms with E-state index in [9.17, 15) is 14.6 Å². The van der Waals surface area contributed by atoms with Crippen LogP contribution in [-0.4, -0.2) is 216 Å². The smallest absolute Gasteiger partial charge is 0.376 e. The number of anilines is 9. The highest BCUT2D eigenvalue weighted by Gasteiger charge is 2.25. The molecular formula is C56H80B3Cl3N24O3S2. The van der Waals surface area contributed by atoms with E-state index in [1.165, 1.54) is 79.6 Å². The summed E-state index contributed by atoms with van der Waals surface area (Å²) in [6.45, 7) is 12.9. The van der Waals surface area contributed by atoms with Crippen molar-refractivity contribution >= 4 is 143 Å². The number of nitrogen functional groups attached to an aromatic ring is 2. The highest BCUT2D eigenvalue weighted by molar-refractivity contribution is 7.16. The number of halogens is 3. The van der Waals surface area contributed by atoms with Crippen molar-refractivity contribution in [1.82, 2.24) is 75.1 Å². The Balaban J connectivity index is 0.000000213. The van der Waals surface area contributed by atoms with Gasteiger partial charge in [0.2, 0.25) is 15.7 Å². The van der Waals surface area contributed by atoms with Crippen molar-refractivity contribution in [1.29, 1.82) is 10.5 Å². The molecule has 0 atom stereocenters. The van der Waals surface area contributed by atoms with E-state index in [2.05, 4.69) is 110 Å². The monoisotopic (exact) mass is 1340 g/mol. The van der Waals surface area contributed by atoms with Gasteiger partial charge in [0.05, 0.1) is 17.7 Å². The van der Waals surface area contributed by atoms with Gasteiger partial charge in [-0.3, -0.25) is 9.59 Å². The maximum atomic E-state index is 11.2. The molecule has 6 aromatic rings. The van der Waals surface area contributed by atoms with Crippen LogP contribution in [-0.2, 0) is 0 Å². The zero-order chi connectivity index (χ0) is 66.1. The minimum Gasteiger partial charge on any atom is -0.437 e. The topological polar surface area (TPSA) is 350 Å². The number of amides is 2. The van der Waals surface area contributed by atoms with Crippen LogP contribution in [0.3, 0.4) is 0 Å². The summed E-state index contributed by atoms with van der Waals surface area (Å²) >= 11 is 17.5. The summed E-state index contributed by atoms with van der Waals surface area (Å²) in [5, 5.41) is 41.7. The SMILES string of the molecule is CN(CC1CCNCC1)c1cc(Nc2ncc(C#N)s2)ncn1.CNCC1CCN(B(C)O)CC1.ClCCl.Nc1cc(Cl)ncn1.[B]C(=O)N1CCC(CN(C)c2cc(N)ncn2)CC1.[B]C(=O)N1CCC(CN(C)c2cc(Nc3ncc(C#N)s3)ncn2)CC1. The van der Waals surface area contributed by atoms with Gasteiger partial charge in [-0.15, -0.1) is 23.2 Å². The molecule has 4 aliphatic heterocycles. The summed E-state index contributed by atoms with van der Waals surface area (Å²) in [5.41, 5.74) is 10.9. The molecule has 0 aliphatic carbocycles. The van der Waals surface area contributed by atoms with E-state index in [1.807, 2.05) is 40.1 Å². The molecule has 0 bridgehead atoms. The molecule has 0 saturated carbocycles. The molecule has 6 aromatic heterocycles. The number of alkyl halides is 2. The fourth-order valence-corrected chi connectivity index (χ4v) is 11.5. The van der Waals surface area contributed by atoms with Crippen LogP contribution in [0.2, 0.25) is 12.0 Å². The Kier molecular flexibility index (Phi) is 33.5. The molecule has 484 valence electrons. The lowest BCUT2D eigenvalue weighted by Gasteiger charge is -2.34. The van der Waals surface area contributed by atoms with E-state index in [-0.39, 0.29) is 24.0 Å². The number of likely N-dealkylation sites (tertiary alicyclic amines) is 2. The Morgan fingerprint density at radius 2 is 1.02 bits per heavy atom. The van der Waals surface area contributed by atoms with Crippen LogP contribution in [0.1, 0.15) is 61.1 Å². The van der Waals surface area contributed by atoms with E-state index in [1.54, 1.807) is 28.4 Å². The number of nitrogens with zero attached hydrogens (tertiary/aromatic N) is 18. The van der Waals surface area contributed by atoms with Gasteiger partial charge >= 0.3 is 7.05 Å². The first kappa shape index (κ1) is 74.7. The average Bonchev–Trinajstić information content (AvgIpc) is 4.25. The highest BCUT2D eigenvalue weighted by atomic mass is 35.5. The molecular weight excluding hydrogens is 1260 g/mol. The quantitative estimate of drug-likeness (QED) is 0.0304. The van der Waals surface area contributed by atoms with Gasteiger partial charge in [0.1, 0.15) is 93.1 Å². The van der Waals surface area contributed by atoms with E-state index in [0.29, 0.717) is 79.3 Å². The van der Waals surface area contributed by atoms with Crippen LogP contribution in [0.25, 0.3) is 0 Å². The first-order chi connectivity index (χ1) is 43.8. The Hall–Kier alpha value is -7.00. The molecule has 2 amide bonds. The number of nitrogens with one attached hydrogen (secondary N) is 4. The van der Waals surface area contributed by atoms with Crippen molar-refractivity contribution in [3.63, 3.8) is 0 Å². The molecule has 0 unspecified atom stereocenters. The van der Waals surface area contributed by atoms with E-state index >= 15 is 0 Å². The Bertz CT molecular complexity index is 3160. The number of piperidine rings is 4. The van der Waals surface area contributed by atoms with E-state index < -0.39 is 0 Å². The fourth-order valence-electron chi connectivity index (χ4n) is 10.2. The molecule has 35 heteroatoms. The van der Waals surface area contributed by atoms with Crippen molar-refractivity contribution in [2.45, 2.75) is 58.2 Å². The fraction of sp³-hybridized carbons (Fsp3) is 0.536. The number of carbonyl (C=O) groups is 2. The number of thiazole rings is 2. The third kappa shape index (κ3) is 27.8. The van der Waals surface area contributed by atoms with Gasteiger partial charge in [0.25, 0.3) is 0 Å². The highest BCUT2D eigenvalue weighted by Crippen LogP contribution is 2.27. The maximum absolute atomic E-state index is 11.2. The van der Waals surface area contributed by atoms with Crippen LogP contribution in [0.15, 0.2) is 62.0 Å². The van der Waals surface area contributed by atoms with Gasteiger partial charge in [-0.25, -0.2) is 49.8 Å². The normalized spacial score (nSPS) is 15.2. The molecule has 10 rings (SSSR count). The van der Waals surface area contributed by atoms with Gasteiger partial charge in [-0.05, 0) is 122 Å². The molecule has 0 spiro atoms. The number of rotatable bonds is 16. The predicted octanol–water partition coefficient (Wildman–Crippen LogP) is 6.63. The van der Waals surface area contributed by atoms with E-state index in [4.69, 9.17) is 72.5 Å². The zero-order valence-electron chi connectivity index (χ0n) is 52.1. The second-order valence-corrected chi connectivity index (χ2v) is 25.0. The molecule has 91 heavy (non-hydrogen) atoms. The Morgan fingerprint density at radius 1 is 0.637 bits per heavy atom. The lowest BCUT2D eigenvalue weighted by molar-refractivity contribution is 0.192. The average molecular weight is 1340 g/mol. The zero-order valence-corrected chi connectivity index (χ0v) is 56.0. The molecule has 4 radical (unpaired) electrons. The predicted molar refractivity (Wildman–Crippen MR) is 367 cm³/mol. The number of nitrogens with two attached hydrogens (primary N) is 2. The van der Waals surface area contributed by atoms with Gasteiger partial charge < -0.3 is 67.1 Å². The molecule has 0 aromatic carbocycles. The molecule has 4 fully saturated rings. The number of hydrogen-bond acceptors (Lipinski definition) is 27. The second-order valence-electron chi connectivity index (χ2n) is 21.8. The first-order valence-corrected chi connectivity index (χ1v) is 32.7. The van der Waals surface area contributed by atoms with Gasteiger partial charge in [0, 0.05) is 91.2 Å². The molecule has 9 N–H and O–H groups in total. The van der Waals surface area contributed by atoms with E-state index in [0.717, 1.165) is 115 Å². The molecule has 10 heterocycles. The van der Waals surface area contributed by atoms with Crippen LogP contribution in [0.4, 0.5) is 60.6 Å². The van der Waals surface area contributed by atoms with Gasteiger partial charge in [-0.2, -0.15) is 10.5 Å². The number of carbonyl (C=O) groups excluding carboxylic acids is 2. The van der Waals surface area contributed by atoms with Crippen molar-refractivity contribution in [3.05, 3.63) is 76.9 Å². The van der Waals surface area contributed by atoms with Crippen molar-refractivity contribution < 1.29 is 14.6 Å². The van der Waals surface area contributed by atoms with Crippen molar-refractivity contribution in [2.75, 3.05) is 149 Å².